The number of rotatable bonds is 7. The first-order chi connectivity index (χ1) is 14.2. The zero-order valence-corrected chi connectivity index (χ0v) is 17.7. The van der Waals surface area contributed by atoms with Crippen LogP contribution < -0.4 is 9.47 Å². The van der Waals surface area contributed by atoms with Crippen LogP contribution in [0.25, 0.3) is 0 Å². The van der Waals surface area contributed by atoms with E-state index >= 15 is 0 Å². The van der Waals surface area contributed by atoms with Gasteiger partial charge in [-0.15, -0.1) is 10.2 Å². The van der Waals surface area contributed by atoms with Crippen LogP contribution in [0, 0.1) is 0 Å². The molecule has 0 N–H and O–H groups in total. The third-order valence-corrected chi connectivity index (χ3v) is 6.87. The molecule has 7 nitrogen and oxygen atoms in total. The fourth-order valence-corrected chi connectivity index (χ4v) is 4.91. The fourth-order valence-electron chi connectivity index (χ4n) is 4.00. The van der Waals surface area contributed by atoms with Gasteiger partial charge in [0.15, 0.2) is 16.7 Å². The number of carbonyl (C=O) groups is 1. The Morgan fingerprint density at radius 3 is 2.48 bits per heavy atom. The number of nitrogens with zero attached hydrogens (tertiary/aromatic N) is 4. The first-order valence-electron chi connectivity index (χ1n) is 10.3. The second-order valence-electron chi connectivity index (χ2n) is 8.05. The predicted octanol–water partition coefficient (Wildman–Crippen LogP) is 3.18. The van der Waals surface area contributed by atoms with Crippen LogP contribution in [-0.2, 0) is 17.8 Å². The molecule has 0 atom stereocenters. The molecule has 0 unspecified atom stereocenters. The SMILES string of the molecule is COc1cc2c(cc1OC)CN(C(=O)CSc1nnc(C3CC3)n1C1CC1)CC2. The van der Waals surface area contributed by atoms with E-state index < -0.39 is 0 Å². The van der Waals surface area contributed by atoms with Gasteiger partial charge in [-0.3, -0.25) is 4.79 Å². The van der Waals surface area contributed by atoms with Gasteiger partial charge in [0.25, 0.3) is 0 Å². The molecule has 1 aliphatic heterocycles. The van der Waals surface area contributed by atoms with E-state index in [9.17, 15) is 4.79 Å². The number of carbonyl (C=O) groups excluding carboxylic acids is 1. The third-order valence-electron chi connectivity index (χ3n) is 5.94. The zero-order chi connectivity index (χ0) is 20.0. The number of thioether (sulfide) groups is 1. The van der Waals surface area contributed by atoms with Crippen LogP contribution in [0.15, 0.2) is 17.3 Å². The lowest BCUT2D eigenvalue weighted by atomic mass is 9.99. The van der Waals surface area contributed by atoms with Gasteiger partial charge >= 0.3 is 0 Å². The molecular weight excluding hydrogens is 388 g/mol. The number of fused-ring (bicyclic) bond motifs is 1. The van der Waals surface area contributed by atoms with Crippen molar-refractivity contribution in [2.24, 2.45) is 0 Å². The van der Waals surface area contributed by atoms with E-state index in [1.165, 1.54) is 43.0 Å². The lowest BCUT2D eigenvalue weighted by molar-refractivity contribution is -0.129. The van der Waals surface area contributed by atoms with E-state index in [0.29, 0.717) is 30.0 Å². The van der Waals surface area contributed by atoms with Crippen LogP contribution in [-0.4, -0.2) is 52.1 Å². The average molecular weight is 415 g/mol. The summed E-state index contributed by atoms with van der Waals surface area (Å²) in [5.74, 6) is 3.72. The van der Waals surface area contributed by atoms with Gasteiger partial charge in [-0.05, 0) is 55.4 Å². The predicted molar refractivity (Wildman–Crippen MR) is 110 cm³/mol. The molecule has 2 saturated carbocycles. The van der Waals surface area contributed by atoms with Crippen molar-refractivity contribution < 1.29 is 14.3 Å². The Morgan fingerprint density at radius 2 is 1.83 bits per heavy atom. The second kappa shape index (κ2) is 7.55. The largest absolute Gasteiger partial charge is 0.493 e. The first-order valence-corrected chi connectivity index (χ1v) is 11.3. The molecule has 8 heteroatoms. The molecular formula is C21H26N4O3S. The maximum absolute atomic E-state index is 12.9. The normalized spacial score (nSPS) is 18.5. The van der Waals surface area contributed by atoms with Crippen molar-refractivity contribution in [1.29, 1.82) is 0 Å². The standard InChI is InChI=1S/C21H26N4O3S/c1-27-17-9-14-7-8-24(11-15(14)10-18(17)28-2)19(26)12-29-21-23-22-20(13-3-4-13)25(21)16-5-6-16/h9-10,13,16H,3-8,11-12H2,1-2H3. The average Bonchev–Trinajstić information content (AvgIpc) is 3.69. The van der Waals surface area contributed by atoms with Gasteiger partial charge in [-0.25, -0.2) is 0 Å². The van der Waals surface area contributed by atoms with Crippen molar-refractivity contribution >= 4 is 17.7 Å². The topological polar surface area (TPSA) is 69.5 Å². The summed E-state index contributed by atoms with van der Waals surface area (Å²) in [4.78, 5) is 14.8. The smallest absolute Gasteiger partial charge is 0.233 e. The highest BCUT2D eigenvalue weighted by atomic mass is 32.2. The van der Waals surface area contributed by atoms with Crippen LogP contribution >= 0.6 is 11.8 Å². The Labute approximate surface area is 174 Å². The summed E-state index contributed by atoms with van der Waals surface area (Å²) >= 11 is 1.53. The number of hydrogen-bond acceptors (Lipinski definition) is 6. The Morgan fingerprint density at radius 1 is 1.10 bits per heavy atom. The Balaban J connectivity index is 1.26. The van der Waals surface area contributed by atoms with Crippen LogP contribution in [0.1, 0.15) is 54.6 Å². The summed E-state index contributed by atoms with van der Waals surface area (Å²) < 4.78 is 13.1. The molecule has 154 valence electrons. The van der Waals surface area contributed by atoms with E-state index in [1.54, 1.807) is 14.2 Å². The van der Waals surface area contributed by atoms with Crippen molar-refractivity contribution in [2.45, 2.75) is 55.8 Å². The van der Waals surface area contributed by atoms with Crippen molar-refractivity contribution in [3.8, 4) is 11.5 Å². The molecule has 0 bridgehead atoms. The highest BCUT2D eigenvalue weighted by Gasteiger charge is 2.36. The van der Waals surface area contributed by atoms with Crippen LogP contribution in [0.5, 0.6) is 11.5 Å². The van der Waals surface area contributed by atoms with Crippen molar-refractivity contribution in [3.63, 3.8) is 0 Å². The minimum Gasteiger partial charge on any atom is -0.493 e. The lowest BCUT2D eigenvalue weighted by Crippen LogP contribution is -2.37. The van der Waals surface area contributed by atoms with Gasteiger partial charge in [-0.2, -0.15) is 0 Å². The van der Waals surface area contributed by atoms with Crippen LogP contribution in [0.2, 0.25) is 0 Å². The summed E-state index contributed by atoms with van der Waals surface area (Å²) in [5.41, 5.74) is 2.35. The number of methoxy groups -OCH3 is 2. The van der Waals surface area contributed by atoms with E-state index in [2.05, 4.69) is 14.8 Å². The van der Waals surface area contributed by atoms with E-state index in [0.717, 1.165) is 35.3 Å². The lowest BCUT2D eigenvalue weighted by Gasteiger charge is -2.29. The zero-order valence-electron chi connectivity index (χ0n) is 16.9. The number of aromatic nitrogens is 3. The summed E-state index contributed by atoms with van der Waals surface area (Å²) in [6, 6.07) is 4.57. The molecule has 0 spiro atoms. The molecule has 29 heavy (non-hydrogen) atoms. The van der Waals surface area contributed by atoms with Crippen LogP contribution in [0.3, 0.4) is 0 Å². The molecule has 3 aliphatic rings. The van der Waals surface area contributed by atoms with E-state index in [4.69, 9.17) is 9.47 Å². The summed E-state index contributed by atoms with van der Waals surface area (Å²) in [6.45, 7) is 1.34. The van der Waals surface area contributed by atoms with Gasteiger partial charge in [0.1, 0.15) is 5.82 Å². The number of amides is 1. The van der Waals surface area contributed by atoms with Crippen molar-refractivity contribution in [2.75, 3.05) is 26.5 Å². The van der Waals surface area contributed by atoms with Crippen molar-refractivity contribution in [1.82, 2.24) is 19.7 Å². The Bertz CT molecular complexity index is 936. The Hall–Kier alpha value is -2.22. The molecule has 2 aromatic rings. The maximum atomic E-state index is 12.9. The fraction of sp³-hybridized carbons (Fsp3) is 0.571. The van der Waals surface area contributed by atoms with E-state index in [-0.39, 0.29) is 5.91 Å². The van der Waals surface area contributed by atoms with E-state index in [1.807, 2.05) is 17.0 Å². The third kappa shape index (κ3) is 3.70. The van der Waals surface area contributed by atoms with Gasteiger partial charge in [0, 0.05) is 25.0 Å². The molecule has 1 aromatic carbocycles. The van der Waals surface area contributed by atoms with Gasteiger partial charge in [0.05, 0.1) is 20.0 Å². The molecule has 0 saturated heterocycles. The maximum Gasteiger partial charge on any atom is 0.233 e. The van der Waals surface area contributed by atoms with Gasteiger partial charge in [-0.1, -0.05) is 11.8 Å². The molecule has 0 radical (unpaired) electrons. The molecule has 5 rings (SSSR count). The number of ether oxygens (including phenoxy) is 2. The quantitative estimate of drug-likeness (QED) is 0.648. The molecule has 2 fully saturated rings. The second-order valence-corrected chi connectivity index (χ2v) is 8.99. The minimum atomic E-state index is 0.147. The minimum absolute atomic E-state index is 0.147. The van der Waals surface area contributed by atoms with Crippen molar-refractivity contribution in [3.05, 3.63) is 29.1 Å². The number of hydrogen-bond donors (Lipinski definition) is 0. The highest BCUT2D eigenvalue weighted by molar-refractivity contribution is 7.99. The molecule has 1 amide bonds. The summed E-state index contributed by atoms with van der Waals surface area (Å²) in [6.07, 6.45) is 5.67. The molecule has 1 aromatic heterocycles. The molecule has 2 aliphatic carbocycles. The van der Waals surface area contributed by atoms with Crippen LogP contribution in [0.4, 0.5) is 0 Å². The van der Waals surface area contributed by atoms with Gasteiger partial charge in [0.2, 0.25) is 5.91 Å². The first kappa shape index (κ1) is 18.8. The highest BCUT2D eigenvalue weighted by Crippen LogP contribution is 2.46. The summed E-state index contributed by atoms with van der Waals surface area (Å²) in [7, 11) is 3.29. The van der Waals surface area contributed by atoms with Gasteiger partial charge < -0.3 is 18.9 Å². The summed E-state index contributed by atoms with van der Waals surface area (Å²) in [5, 5.41) is 9.75. The molecule has 2 heterocycles. The number of benzene rings is 1. The Kier molecular flexibility index (Phi) is 4.89. The monoisotopic (exact) mass is 414 g/mol.